The van der Waals surface area contributed by atoms with Gasteiger partial charge in [-0.3, -0.25) is 4.79 Å². The minimum atomic E-state index is -0.0923. The summed E-state index contributed by atoms with van der Waals surface area (Å²) in [6, 6.07) is 7.64. The van der Waals surface area contributed by atoms with Crippen LogP contribution in [0.3, 0.4) is 0 Å². The van der Waals surface area contributed by atoms with Crippen molar-refractivity contribution in [2.45, 2.75) is 40.7 Å². The van der Waals surface area contributed by atoms with Crippen molar-refractivity contribution in [1.82, 2.24) is 9.78 Å². The summed E-state index contributed by atoms with van der Waals surface area (Å²) < 4.78 is 1.84. The first-order chi connectivity index (χ1) is 9.51. The smallest absolute Gasteiger partial charge is 0.256 e. The molecule has 0 saturated heterocycles. The van der Waals surface area contributed by atoms with E-state index in [-0.39, 0.29) is 5.91 Å². The summed E-state index contributed by atoms with van der Waals surface area (Å²) in [6.45, 7) is 8.87. The molecule has 0 saturated carbocycles. The molecule has 20 heavy (non-hydrogen) atoms. The minimum Gasteiger partial charge on any atom is -0.307 e. The van der Waals surface area contributed by atoms with Crippen LogP contribution in [0.5, 0.6) is 0 Å². The van der Waals surface area contributed by atoms with Gasteiger partial charge in [-0.15, -0.1) is 0 Å². The molecule has 0 unspecified atom stereocenters. The standard InChI is InChI=1S/C16H21N3O/c1-5-8-19-15(10-13(4)18-19)17-16(20)14-7-6-11(2)12(3)9-14/h6-7,9-10H,5,8H2,1-4H3,(H,17,20). The highest BCUT2D eigenvalue weighted by molar-refractivity contribution is 6.04. The van der Waals surface area contributed by atoms with Gasteiger partial charge in [0.05, 0.1) is 5.69 Å². The average molecular weight is 271 g/mol. The van der Waals surface area contributed by atoms with Crippen molar-refractivity contribution < 1.29 is 4.79 Å². The number of hydrogen-bond donors (Lipinski definition) is 1. The van der Waals surface area contributed by atoms with E-state index in [1.54, 1.807) is 0 Å². The van der Waals surface area contributed by atoms with Crippen molar-refractivity contribution in [1.29, 1.82) is 0 Å². The lowest BCUT2D eigenvalue weighted by atomic mass is 10.1. The third kappa shape index (κ3) is 3.07. The van der Waals surface area contributed by atoms with Crippen LogP contribution in [-0.4, -0.2) is 15.7 Å². The molecule has 1 aromatic carbocycles. The second-order valence-corrected chi connectivity index (χ2v) is 5.15. The van der Waals surface area contributed by atoms with Crippen molar-refractivity contribution in [3.63, 3.8) is 0 Å². The van der Waals surface area contributed by atoms with Gasteiger partial charge < -0.3 is 5.32 Å². The quantitative estimate of drug-likeness (QED) is 0.925. The Hall–Kier alpha value is -2.10. The maximum Gasteiger partial charge on any atom is 0.256 e. The van der Waals surface area contributed by atoms with Gasteiger partial charge in [0.25, 0.3) is 5.91 Å². The number of anilines is 1. The normalized spacial score (nSPS) is 10.6. The van der Waals surface area contributed by atoms with Crippen molar-refractivity contribution in [3.8, 4) is 0 Å². The molecule has 1 amide bonds. The molecule has 2 aromatic rings. The topological polar surface area (TPSA) is 46.9 Å². The fourth-order valence-corrected chi connectivity index (χ4v) is 2.10. The van der Waals surface area contributed by atoms with Crippen LogP contribution in [0, 0.1) is 20.8 Å². The first kappa shape index (κ1) is 14.3. The van der Waals surface area contributed by atoms with Crippen LogP contribution < -0.4 is 5.32 Å². The Morgan fingerprint density at radius 3 is 2.60 bits per heavy atom. The van der Waals surface area contributed by atoms with Crippen LogP contribution in [0.15, 0.2) is 24.3 Å². The van der Waals surface area contributed by atoms with E-state index in [0.717, 1.165) is 30.0 Å². The molecule has 0 spiro atoms. The highest BCUT2D eigenvalue weighted by Crippen LogP contribution is 2.14. The molecule has 0 atom stereocenters. The molecule has 0 aliphatic carbocycles. The maximum absolute atomic E-state index is 12.3. The van der Waals surface area contributed by atoms with Crippen LogP contribution in [-0.2, 0) is 6.54 Å². The zero-order valence-corrected chi connectivity index (χ0v) is 12.5. The van der Waals surface area contributed by atoms with Crippen molar-refractivity contribution in [2.75, 3.05) is 5.32 Å². The number of benzene rings is 1. The molecule has 1 heterocycles. The van der Waals surface area contributed by atoms with Gasteiger partial charge in [0.1, 0.15) is 5.82 Å². The van der Waals surface area contributed by atoms with Crippen LogP contribution in [0.4, 0.5) is 5.82 Å². The van der Waals surface area contributed by atoms with Crippen LogP contribution in [0.2, 0.25) is 0 Å². The minimum absolute atomic E-state index is 0.0923. The second-order valence-electron chi connectivity index (χ2n) is 5.15. The number of amides is 1. The number of aromatic nitrogens is 2. The number of nitrogens with zero attached hydrogens (tertiary/aromatic N) is 2. The van der Waals surface area contributed by atoms with Gasteiger partial charge in [-0.2, -0.15) is 5.10 Å². The summed E-state index contributed by atoms with van der Waals surface area (Å²) in [5, 5.41) is 7.32. The SMILES string of the molecule is CCCn1nc(C)cc1NC(=O)c1ccc(C)c(C)c1. The molecule has 4 heteroatoms. The van der Waals surface area contributed by atoms with Crippen molar-refractivity contribution in [2.24, 2.45) is 0 Å². The van der Waals surface area contributed by atoms with E-state index >= 15 is 0 Å². The Balaban J connectivity index is 2.20. The molecular formula is C16H21N3O. The zero-order valence-electron chi connectivity index (χ0n) is 12.5. The van der Waals surface area contributed by atoms with E-state index in [2.05, 4.69) is 17.3 Å². The lowest BCUT2D eigenvalue weighted by molar-refractivity contribution is 0.102. The van der Waals surface area contributed by atoms with Gasteiger partial charge in [0.15, 0.2) is 0 Å². The molecular weight excluding hydrogens is 250 g/mol. The third-order valence-electron chi connectivity index (χ3n) is 3.35. The molecule has 0 aliphatic rings. The molecule has 1 aromatic heterocycles. The fourth-order valence-electron chi connectivity index (χ4n) is 2.10. The number of rotatable bonds is 4. The number of nitrogens with one attached hydrogen (secondary N) is 1. The van der Waals surface area contributed by atoms with Crippen molar-refractivity contribution in [3.05, 3.63) is 46.6 Å². The summed E-state index contributed by atoms with van der Waals surface area (Å²) in [6.07, 6.45) is 0.980. The van der Waals surface area contributed by atoms with Crippen molar-refractivity contribution >= 4 is 11.7 Å². The van der Waals surface area contributed by atoms with Gasteiger partial charge in [-0.1, -0.05) is 13.0 Å². The number of carbonyl (C=O) groups excluding carboxylic acids is 1. The summed E-state index contributed by atoms with van der Waals surface area (Å²) >= 11 is 0. The zero-order chi connectivity index (χ0) is 14.7. The summed E-state index contributed by atoms with van der Waals surface area (Å²) in [5.74, 6) is 0.665. The fraction of sp³-hybridized carbons (Fsp3) is 0.375. The monoisotopic (exact) mass is 271 g/mol. The summed E-state index contributed by atoms with van der Waals surface area (Å²) in [5.41, 5.74) is 3.90. The highest BCUT2D eigenvalue weighted by Gasteiger charge is 2.11. The Labute approximate surface area is 119 Å². The first-order valence-electron chi connectivity index (χ1n) is 6.94. The Morgan fingerprint density at radius 2 is 1.95 bits per heavy atom. The van der Waals surface area contributed by atoms with E-state index in [1.165, 1.54) is 5.56 Å². The third-order valence-corrected chi connectivity index (χ3v) is 3.35. The van der Waals surface area contributed by atoms with E-state index < -0.39 is 0 Å². The molecule has 0 aliphatic heterocycles. The lowest BCUT2D eigenvalue weighted by Crippen LogP contribution is -2.16. The molecule has 106 valence electrons. The number of aryl methyl sites for hydroxylation is 4. The predicted octanol–water partition coefficient (Wildman–Crippen LogP) is 3.47. The van der Waals surface area contributed by atoms with Gasteiger partial charge in [-0.05, 0) is 50.5 Å². The second kappa shape index (κ2) is 5.90. The van der Waals surface area contributed by atoms with Gasteiger partial charge >= 0.3 is 0 Å². The molecule has 0 bridgehead atoms. The first-order valence-corrected chi connectivity index (χ1v) is 6.94. The van der Waals surface area contributed by atoms with Gasteiger partial charge in [-0.25, -0.2) is 4.68 Å². The Kier molecular flexibility index (Phi) is 4.23. The molecule has 2 rings (SSSR count). The molecule has 0 fully saturated rings. The van der Waals surface area contributed by atoms with Crippen LogP contribution in [0.25, 0.3) is 0 Å². The maximum atomic E-state index is 12.3. The van der Waals surface area contributed by atoms with Gasteiger partial charge in [0.2, 0.25) is 0 Å². The molecule has 4 nitrogen and oxygen atoms in total. The highest BCUT2D eigenvalue weighted by atomic mass is 16.1. The van der Waals surface area contributed by atoms with E-state index in [4.69, 9.17) is 0 Å². The number of hydrogen-bond acceptors (Lipinski definition) is 2. The Morgan fingerprint density at radius 1 is 1.20 bits per heavy atom. The van der Waals surface area contributed by atoms with E-state index in [0.29, 0.717) is 5.56 Å². The molecule has 1 N–H and O–H groups in total. The van der Waals surface area contributed by atoms with E-state index in [1.807, 2.05) is 49.7 Å². The lowest BCUT2D eigenvalue weighted by Gasteiger charge is -2.09. The van der Waals surface area contributed by atoms with Gasteiger partial charge in [0, 0.05) is 18.2 Å². The predicted molar refractivity (Wildman–Crippen MR) is 81.1 cm³/mol. The number of carbonyl (C=O) groups is 1. The van der Waals surface area contributed by atoms with E-state index in [9.17, 15) is 4.79 Å². The summed E-state index contributed by atoms with van der Waals surface area (Å²) in [7, 11) is 0. The van der Waals surface area contributed by atoms with Crippen LogP contribution >= 0.6 is 0 Å². The molecule has 0 radical (unpaired) electrons. The summed E-state index contributed by atoms with van der Waals surface area (Å²) in [4.78, 5) is 12.3. The largest absolute Gasteiger partial charge is 0.307 e. The van der Waals surface area contributed by atoms with Crippen LogP contribution in [0.1, 0.15) is 40.5 Å². The average Bonchev–Trinajstić information content (AvgIpc) is 2.73. The Bertz CT molecular complexity index is 629.